The van der Waals surface area contributed by atoms with Crippen molar-refractivity contribution in [3.63, 3.8) is 0 Å². The van der Waals surface area contributed by atoms with Crippen LogP contribution in [0.2, 0.25) is 0 Å². The molecule has 0 unspecified atom stereocenters. The van der Waals surface area contributed by atoms with E-state index in [1.54, 1.807) is 36.4 Å². The Morgan fingerprint density at radius 2 is 1.50 bits per heavy atom. The van der Waals surface area contributed by atoms with Gasteiger partial charge in [0.15, 0.2) is 0 Å². The van der Waals surface area contributed by atoms with Crippen LogP contribution in [0.1, 0.15) is 24.8 Å². The maximum Gasteiger partial charge on any atom is 0.240 e. The van der Waals surface area contributed by atoms with E-state index in [4.69, 9.17) is 10.4 Å². The molecule has 0 atom stereocenters. The zero-order valence-corrected chi connectivity index (χ0v) is 14.1. The molecular weight excluding hydrogens is 324 g/mol. The van der Waals surface area contributed by atoms with E-state index in [9.17, 15) is 8.42 Å². The van der Waals surface area contributed by atoms with E-state index in [-0.39, 0.29) is 11.5 Å². The molecule has 2 aromatic carbocycles. The number of hydrogen-bond donors (Lipinski definition) is 2. The van der Waals surface area contributed by atoms with Crippen LogP contribution in [0.15, 0.2) is 53.4 Å². The Morgan fingerprint density at radius 1 is 0.917 bits per heavy atom. The van der Waals surface area contributed by atoms with Gasteiger partial charge in [-0.05, 0) is 54.7 Å². The highest BCUT2D eigenvalue weighted by Crippen LogP contribution is 2.21. The molecule has 0 amide bonds. The van der Waals surface area contributed by atoms with Crippen LogP contribution >= 0.6 is 0 Å². The summed E-state index contributed by atoms with van der Waals surface area (Å²) in [7, 11) is -3.51. The SMILES string of the molecule is N#Cc1ccc(-c2ccc(S(=O)(=O)NCCCCCO)cc2)cc1. The number of aliphatic hydroxyl groups excluding tert-OH is 1. The number of unbranched alkanes of at least 4 members (excludes halogenated alkanes) is 2. The van der Waals surface area contributed by atoms with Crippen LogP contribution in [-0.2, 0) is 10.0 Å². The van der Waals surface area contributed by atoms with Crippen LogP contribution in [0.4, 0.5) is 0 Å². The number of nitrogens with zero attached hydrogens (tertiary/aromatic N) is 1. The minimum Gasteiger partial charge on any atom is -0.396 e. The highest BCUT2D eigenvalue weighted by Gasteiger charge is 2.13. The summed E-state index contributed by atoms with van der Waals surface area (Å²) in [6.07, 6.45) is 2.17. The second-order valence-electron chi connectivity index (χ2n) is 5.40. The maximum atomic E-state index is 12.2. The minimum atomic E-state index is -3.51. The van der Waals surface area contributed by atoms with Gasteiger partial charge in [-0.25, -0.2) is 13.1 Å². The van der Waals surface area contributed by atoms with Crippen molar-refractivity contribution in [2.45, 2.75) is 24.2 Å². The van der Waals surface area contributed by atoms with Crippen LogP contribution in [0.5, 0.6) is 0 Å². The second-order valence-corrected chi connectivity index (χ2v) is 7.16. The molecule has 2 rings (SSSR count). The van der Waals surface area contributed by atoms with Crippen LogP contribution in [0.3, 0.4) is 0 Å². The fourth-order valence-electron chi connectivity index (χ4n) is 2.27. The first kappa shape index (κ1) is 18.1. The molecule has 24 heavy (non-hydrogen) atoms. The predicted molar refractivity (Wildman–Crippen MR) is 92.7 cm³/mol. The largest absolute Gasteiger partial charge is 0.396 e. The van der Waals surface area contributed by atoms with E-state index in [1.165, 1.54) is 0 Å². The number of sulfonamides is 1. The van der Waals surface area contributed by atoms with Gasteiger partial charge in [0.05, 0.1) is 16.5 Å². The third-order valence-electron chi connectivity index (χ3n) is 3.64. The fourth-order valence-corrected chi connectivity index (χ4v) is 3.34. The average molecular weight is 344 g/mol. The number of nitrogens with one attached hydrogen (secondary N) is 1. The zero-order valence-electron chi connectivity index (χ0n) is 13.3. The molecule has 0 aliphatic carbocycles. The van der Waals surface area contributed by atoms with E-state index in [0.29, 0.717) is 24.9 Å². The molecule has 0 radical (unpaired) electrons. The molecule has 0 saturated heterocycles. The van der Waals surface area contributed by atoms with Crippen LogP contribution < -0.4 is 4.72 Å². The third kappa shape index (κ3) is 4.90. The molecule has 6 heteroatoms. The molecule has 0 saturated carbocycles. The van der Waals surface area contributed by atoms with Gasteiger partial charge in [-0.15, -0.1) is 0 Å². The molecule has 2 N–H and O–H groups in total. The maximum absolute atomic E-state index is 12.2. The standard InChI is InChI=1S/C18H20N2O3S/c19-14-15-4-6-16(7-5-15)17-8-10-18(11-9-17)24(22,23)20-12-2-1-3-13-21/h4-11,20-21H,1-3,12-13H2. The Bertz CT molecular complexity index is 792. The van der Waals surface area contributed by atoms with E-state index in [1.807, 2.05) is 12.1 Å². The lowest BCUT2D eigenvalue weighted by Crippen LogP contribution is -2.24. The lowest BCUT2D eigenvalue weighted by molar-refractivity contribution is 0.283. The number of aliphatic hydroxyl groups is 1. The van der Waals surface area contributed by atoms with Crippen molar-refractivity contribution >= 4 is 10.0 Å². The Balaban J connectivity index is 2.03. The number of rotatable bonds is 8. The summed E-state index contributed by atoms with van der Waals surface area (Å²) < 4.78 is 27.0. The van der Waals surface area contributed by atoms with Crippen molar-refractivity contribution in [2.24, 2.45) is 0 Å². The van der Waals surface area contributed by atoms with E-state index in [2.05, 4.69) is 10.8 Å². The summed E-state index contributed by atoms with van der Waals surface area (Å²) in [4.78, 5) is 0.224. The van der Waals surface area contributed by atoms with Gasteiger partial charge < -0.3 is 5.11 Å². The predicted octanol–water partition coefficient (Wildman–Crippen LogP) is 2.67. The monoisotopic (exact) mass is 344 g/mol. The molecule has 0 aliphatic rings. The summed E-state index contributed by atoms with van der Waals surface area (Å²) in [5, 5.41) is 17.5. The van der Waals surface area contributed by atoms with Gasteiger partial charge in [-0.2, -0.15) is 5.26 Å². The van der Waals surface area contributed by atoms with Crippen molar-refractivity contribution < 1.29 is 13.5 Å². The average Bonchev–Trinajstić information content (AvgIpc) is 2.62. The molecule has 0 aromatic heterocycles. The van der Waals surface area contributed by atoms with Crippen molar-refractivity contribution in [1.29, 1.82) is 5.26 Å². The van der Waals surface area contributed by atoms with Crippen LogP contribution in [-0.4, -0.2) is 26.7 Å². The first-order chi connectivity index (χ1) is 11.6. The Hall–Kier alpha value is -2.20. The third-order valence-corrected chi connectivity index (χ3v) is 5.12. The van der Waals surface area contributed by atoms with Gasteiger partial charge in [0.2, 0.25) is 10.0 Å². The molecule has 2 aromatic rings. The fraction of sp³-hybridized carbons (Fsp3) is 0.278. The number of nitriles is 1. The molecule has 5 nitrogen and oxygen atoms in total. The molecule has 126 valence electrons. The first-order valence-electron chi connectivity index (χ1n) is 7.78. The Labute approximate surface area is 142 Å². The van der Waals surface area contributed by atoms with Gasteiger partial charge >= 0.3 is 0 Å². The molecule has 0 heterocycles. The molecular formula is C18H20N2O3S. The van der Waals surface area contributed by atoms with Gasteiger partial charge in [0.1, 0.15) is 0 Å². The summed E-state index contributed by atoms with van der Waals surface area (Å²) in [6.45, 7) is 0.489. The number of hydrogen-bond acceptors (Lipinski definition) is 4. The molecule has 0 aliphatic heterocycles. The lowest BCUT2D eigenvalue weighted by Gasteiger charge is -2.08. The van der Waals surface area contributed by atoms with Crippen molar-refractivity contribution in [3.05, 3.63) is 54.1 Å². The summed E-state index contributed by atoms with van der Waals surface area (Å²) in [5.74, 6) is 0. The zero-order chi connectivity index (χ0) is 17.4. The van der Waals surface area contributed by atoms with E-state index < -0.39 is 10.0 Å². The molecule has 0 fully saturated rings. The summed E-state index contributed by atoms with van der Waals surface area (Å²) in [5.41, 5.74) is 2.40. The van der Waals surface area contributed by atoms with Crippen molar-refractivity contribution in [3.8, 4) is 17.2 Å². The Morgan fingerprint density at radius 3 is 2.04 bits per heavy atom. The van der Waals surface area contributed by atoms with Crippen molar-refractivity contribution in [2.75, 3.05) is 13.2 Å². The highest BCUT2D eigenvalue weighted by molar-refractivity contribution is 7.89. The quantitative estimate of drug-likeness (QED) is 0.720. The van der Waals surface area contributed by atoms with Crippen molar-refractivity contribution in [1.82, 2.24) is 4.72 Å². The topological polar surface area (TPSA) is 90.2 Å². The molecule has 0 bridgehead atoms. The lowest BCUT2D eigenvalue weighted by atomic mass is 10.0. The summed E-state index contributed by atoms with van der Waals surface area (Å²) >= 11 is 0. The summed E-state index contributed by atoms with van der Waals surface area (Å²) in [6, 6.07) is 15.8. The van der Waals surface area contributed by atoms with E-state index >= 15 is 0 Å². The van der Waals surface area contributed by atoms with Crippen LogP contribution in [0.25, 0.3) is 11.1 Å². The Kier molecular flexibility index (Phi) is 6.50. The van der Waals surface area contributed by atoms with Gasteiger partial charge in [-0.1, -0.05) is 24.3 Å². The van der Waals surface area contributed by atoms with E-state index in [0.717, 1.165) is 17.5 Å². The van der Waals surface area contributed by atoms with Gasteiger partial charge in [0.25, 0.3) is 0 Å². The highest BCUT2D eigenvalue weighted by atomic mass is 32.2. The second kappa shape index (κ2) is 8.60. The normalized spacial score (nSPS) is 11.2. The minimum absolute atomic E-state index is 0.129. The van der Waals surface area contributed by atoms with Gasteiger partial charge in [-0.3, -0.25) is 0 Å². The smallest absolute Gasteiger partial charge is 0.240 e. The first-order valence-corrected chi connectivity index (χ1v) is 9.26. The van der Waals surface area contributed by atoms with Crippen LogP contribution in [0, 0.1) is 11.3 Å². The number of benzene rings is 2. The molecule has 0 spiro atoms. The van der Waals surface area contributed by atoms with Gasteiger partial charge in [0, 0.05) is 13.2 Å².